The maximum absolute atomic E-state index is 9.85. The van der Waals surface area contributed by atoms with E-state index in [1.54, 1.807) is 0 Å². The monoisotopic (exact) mass is 287 g/mol. The van der Waals surface area contributed by atoms with Crippen molar-refractivity contribution in [1.29, 1.82) is 0 Å². The van der Waals surface area contributed by atoms with Gasteiger partial charge in [0.25, 0.3) is 0 Å². The van der Waals surface area contributed by atoms with Gasteiger partial charge < -0.3 is 15.2 Å². The molecule has 19 heavy (non-hydrogen) atoms. The van der Waals surface area contributed by atoms with Gasteiger partial charge >= 0.3 is 0 Å². The van der Waals surface area contributed by atoms with Crippen molar-refractivity contribution in [2.24, 2.45) is 0 Å². The van der Waals surface area contributed by atoms with Crippen LogP contribution in [0.3, 0.4) is 0 Å². The Morgan fingerprint density at radius 1 is 1.26 bits per heavy atom. The van der Waals surface area contributed by atoms with Gasteiger partial charge in [-0.1, -0.05) is 12.1 Å². The second kappa shape index (κ2) is 7.73. The smallest absolute Gasteiger partial charge is 0.122 e. The molecule has 2 N–H and O–H groups in total. The van der Waals surface area contributed by atoms with Crippen LogP contribution in [0.5, 0.6) is 5.75 Å². The summed E-state index contributed by atoms with van der Waals surface area (Å²) in [5.41, 5.74) is 2.27. The van der Waals surface area contributed by atoms with Crippen LogP contribution in [-0.4, -0.2) is 29.9 Å². The number of rotatable bonds is 5. The highest BCUT2D eigenvalue weighted by molar-refractivity contribution is 5.85. The Hall–Kier alpha value is -0.770. The first-order valence-electron chi connectivity index (χ1n) is 6.41. The Bertz CT molecular complexity index is 388. The van der Waals surface area contributed by atoms with E-state index >= 15 is 0 Å². The molecule has 3 nitrogen and oxygen atoms in total. The molecular weight excluding hydrogens is 262 g/mol. The van der Waals surface area contributed by atoms with Crippen LogP contribution in [0.15, 0.2) is 18.2 Å². The summed E-state index contributed by atoms with van der Waals surface area (Å²) in [5, 5.41) is 13.1. The van der Waals surface area contributed by atoms with Gasteiger partial charge in [-0.2, -0.15) is 0 Å². The first-order valence-corrected chi connectivity index (χ1v) is 6.41. The van der Waals surface area contributed by atoms with Gasteiger partial charge in [0.2, 0.25) is 0 Å². The van der Waals surface area contributed by atoms with Crippen LogP contribution in [0.1, 0.15) is 31.9 Å². The van der Waals surface area contributed by atoms with Gasteiger partial charge in [0, 0.05) is 12.1 Å². The lowest BCUT2D eigenvalue weighted by atomic mass is 10.1. The fraction of sp³-hybridized carbons (Fsp3) is 0.600. The van der Waals surface area contributed by atoms with Gasteiger partial charge in [-0.05, 0) is 51.8 Å². The highest BCUT2D eigenvalue weighted by Crippen LogP contribution is 2.19. The molecule has 1 unspecified atom stereocenters. The van der Waals surface area contributed by atoms with E-state index in [4.69, 9.17) is 4.74 Å². The minimum atomic E-state index is -0.496. The molecule has 1 rings (SSSR count). The number of benzene rings is 1. The molecule has 0 heterocycles. The molecule has 4 heteroatoms. The van der Waals surface area contributed by atoms with Gasteiger partial charge in [0.15, 0.2) is 0 Å². The molecule has 1 aromatic rings. The number of aryl methyl sites for hydroxylation is 2. The van der Waals surface area contributed by atoms with Gasteiger partial charge in [-0.15, -0.1) is 12.4 Å². The van der Waals surface area contributed by atoms with E-state index < -0.39 is 6.10 Å². The molecule has 0 aromatic heterocycles. The maximum Gasteiger partial charge on any atom is 0.122 e. The quantitative estimate of drug-likeness (QED) is 0.875. The number of halogens is 1. The van der Waals surface area contributed by atoms with Crippen molar-refractivity contribution in [2.75, 3.05) is 13.2 Å². The van der Waals surface area contributed by atoms with E-state index in [0.29, 0.717) is 13.2 Å². The standard InChI is InChI=1S/C15H25NO2.ClH/c1-11-6-7-12(2)14(8-11)18-10-13(17)9-16-15(3,4)5;/h6-8,13,16-17H,9-10H2,1-5H3;1H. The molecule has 1 atom stereocenters. The highest BCUT2D eigenvalue weighted by Gasteiger charge is 2.12. The third-order valence-corrected chi connectivity index (χ3v) is 2.64. The van der Waals surface area contributed by atoms with E-state index in [9.17, 15) is 5.11 Å². The summed E-state index contributed by atoms with van der Waals surface area (Å²) in [5.74, 6) is 0.852. The molecule has 1 aromatic carbocycles. The van der Waals surface area contributed by atoms with E-state index in [1.165, 1.54) is 0 Å². The summed E-state index contributed by atoms with van der Waals surface area (Å²) >= 11 is 0. The second-order valence-electron chi connectivity index (χ2n) is 5.86. The summed E-state index contributed by atoms with van der Waals surface area (Å²) in [6.45, 7) is 11.1. The van der Waals surface area contributed by atoms with Crippen LogP contribution in [0, 0.1) is 13.8 Å². The lowest BCUT2D eigenvalue weighted by Gasteiger charge is -2.23. The van der Waals surface area contributed by atoms with E-state index in [2.05, 4.69) is 32.2 Å². The van der Waals surface area contributed by atoms with Gasteiger partial charge in [-0.3, -0.25) is 0 Å². The van der Waals surface area contributed by atoms with Crippen molar-refractivity contribution >= 4 is 12.4 Å². The number of hydrogen-bond acceptors (Lipinski definition) is 3. The average Bonchev–Trinajstić information content (AvgIpc) is 2.26. The molecule has 0 saturated carbocycles. The van der Waals surface area contributed by atoms with E-state index in [1.807, 2.05) is 26.0 Å². The van der Waals surface area contributed by atoms with Crippen LogP contribution in [-0.2, 0) is 0 Å². The SMILES string of the molecule is Cc1ccc(C)c(OCC(O)CNC(C)(C)C)c1.Cl. The minimum absolute atomic E-state index is 0. The molecule has 0 aliphatic carbocycles. The Morgan fingerprint density at radius 3 is 2.47 bits per heavy atom. The van der Waals surface area contributed by atoms with Gasteiger partial charge in [-0.25, -0.2) is 0 Å². The molecule has 110 valence electrons. The Kier molecular flexibility index (Phi) is 7.42. The number of aliphatic hydroxyl groups excluding tert-OH is 1. The zero-order valence-corrected chi connectivity index (χ0v) is 13.3. The molecule has 0 fully saturated rings. The average molecular weight is 288 g/mol. The molecular formula is C15H26ClNO2. The van der Waals surface area contributed by atoms with E-state index in [0.717, 1.165) is 16.9 Å². The third-order valence-electron chi connectivity index (χ3n) is 2.64. The molecule has 0 radical (unpaired) electrons. The Labute approximate surface area is 122 Å². The van der Waals surface area contributed by atoms with Crippen LogP contribution in [0.4, 0.5) is 0 Å². The predicted octanol–water partition coefficient (Wildman–Crippen LogP) is 2.85. The predicted molar refractivity (Wildman–Crippen MR) is 82.4 cm³/mol. The number of hydrogen-bond donors (Lipinski definition) is 2. The van der Waals surface area contributed by atoms with Gasteiger partial charge in [0.05, 0.1) is 0 Å². The molecule has 0 bridgehead atoms. The number of β-amino-alcohol motifs (C(OH)–C–C–N with tert-alkyl or cyclic N) is 1. The second-order valence-corrected chi connectivity index (χ2v) is 5.86. The van der Waals surface area contributed by atoms with Crippen molar-refractivity contribution < 1.29 is 9.84 Å². The molecule has 0 amide bonds. The topological polar surface area (TPSA) is 41.5 Å². The zero-order valence-electron chi connectivity index (χ0n) is 12.5. The Morgan fingerprint density at radius 2 is 1.89 bits per heavy atom. The number of ether oxygens (including phenoxy) is 1. The fourth-order valence-corrected chi connectivity index (χ4v) is 1.53. The van der Waals surface area contributed by atoms with Crippen LogP contribution in [0.25, 0.3) is 0 Å². The largest absolute Gasteiger partial charge is 0.491 e. The van der Waals surface area contributed by atoms with Crippen molar-refractivity contribution in [3.63, 3.8) is 0 Å². The fourth-order valence-electron chi connectivity index (χ4n) is 1.53. The lowest BCUT2D eigenvalue weighted by Crippen LogP contribution is -2.42. The summed E-state index contributed by atoms with van der Waals surface area (Å²) < 4.78 is 5.65. The van der Waals surface area contributed by atoms with Gasteiger partial charge in [0.1, 0.15) is 18.5 Å². The minimum Gasteiger partial charge on any atom is -0.491 e. The number of aliphatic hydroxyl groups is 1. The first kappa shape index (κ1) is 18.2. The molecule has 0 aliphatic rings. The summed E-state index contributed by atoms with van der Waals surface area (Å²) in [7, 11) is 0. The first-order chi connectivity index (χ1) is 8.28. The van der Waals surface area contributed by atoms with Crippen LogP contribution >= 0.6 is 12.4 Å². The van der Waals surface area contributed by atoms with Crippen molar-refractivity contribution in [2.45, 2.75) is 46.3 Å². The molecule has 0 saturated heterocycles. The normalized spacial score (nSPS) is 12.7. The third kappa shape index (κ3) is 7.41. The zero-order chi connectivity index (χ0) is 13.8. The lowest BCUT2D eigenvalue weighted by molar-refractivity contribution is 0.0997. The summed E-state index contributed by atoms with van der Waals surface area (Å²) in [6.07, 6.45) is -0.496. The van der Waals surface area contributed by atoms with E-state index in [-0.39, 0.29) is 17.9 Å². The maximum atomic E-state index is 9.85. The van der Waals surface area contributed by atoms with Crippen molar-refractivity contribution in [1.82, 2.24) is 5.32 Å². The van der Waals surface area contributed by atoms with Crippen LogP contribution < -0.4 is 10.1 Å². The van der Waals surface area contributed by atoms with Crippen LogP contribution in [0.2, 0.25) is 0 Å². The van der Waals surface area contributed by atoms with Crippen molar-refractivity contribution in [3.8, 4) is 5.75 Å². The summed E-state index contributed by atoms with van der Waals surface area (Å²) in [6, 6.07) is 6.09. The number of nitrogens with one attached hydrogen (secondary N) is 1. The van der Waals surface area contributed by atoms with Crippen molar-refractivity contribution in [3.05, 3.63) is 29.3 Å². The summed E-state index contributed by atoms with van der Waals surface area (Å²) in [4.78, 5) is 0. The molecule has 0 aliphatic heterocycles. The molecule has 0 spiro atoms. The highest BCUT2D eigenvalue weighted by atomic mass is 35.5. The Balaban J connectivity index is 0.00000324.